The number of esters is 1. The third-order valence-electron chi connectivity index (χ3n) is 5.85. The summed E-state index contributed by atoms with van der Waals surface area (Å²) in [5, 5.41) is 10.3. The lowest BCUT2D eigenvalue weighted by atomic mass is 10.1. The quantitative estimate of drug-likeness (QED) is 0.0900. The highest BCUT2D eigenvalue weighted by molar-refractivity contribution is 5.87. The van der Waals surface area contributed by atoms with Crippen LogP contribution in [0.3, 0.4) is 0 Å². The predicted molar refractivity (Wildman–Crippen MR) is 150 cm³/mol. The molecule has 2 aromatic carbocycles. The molecule has 0 aliphatic rings. The lowest BCUT2D eigenvalue weighted by molar-refractivity contribution is -0.139. The van der Waals surface area contributed by atoms with Gasteiger partial charge in [0, 0.05) is 23.4 Å². The first-order chi connectivity index (χ1) is 18.0. The number of aromatic hydroxyl groups is 1. The Morgan fingerprint density at radius 3 is 2.03 bits per heavy atom. The third kappa shape index (κ3) is 13.0. The monoisotopic (exact) mass is 509 g/mol. The predicted octanol–water partition coefficient (Wildman–Crippen LogP) is 7.94. The number of hydrogen-bond donors (Lipinski definition) is 1. The van der Waals surface area contributed by atoms with Gasteiger partial charge in [-0.05, 0) is 75.4 Å². The normalized spacial score (nSPS) is 11.0. The number of benzene rings is 2. The van der Waals surface area contributed by atoms with Crippen LogP contribution in [-0.2, 0) is 9.53 Å². The van der Waals surface area contributed by atoms with Gasteiger partial charge in [-0.2, -0.15) is 0 Å². The molecule has 0 aliphatic carbocycles. The zero-order valence-electron chi connectivity index (χ0n) is 22.5. The molecule has 0 aromatic heterocycles. The number of phenolic OH excluding ortho intramolecular Hbond substituents is 1. The van der Waals surface area contributed by atoms with Crippen LogP contribution in [-0.4, -0.2) is 37.1 Å². The maximum absolute atomic E-state index is 11.3. The van der Waals surface area contributed by atoms with Crippen molar-refractivity contribution in [2.24, 2.45) is 4.99 Å². The van der Waals surface area contributed by atoms with Crippen molar-refractivity contribution >= 4 is 17.9 Å². The molecule has 0 heterocycles. The molecule has 0 fully saturated rings. The summed E-state index contributed by atoms with van der Waals surface area (Å²) < 4.78 is 16.6. The lowest BCUT2D eigenvalue weighted by Gasteiger charge is -2.08. The van der Waals surface area contributed by atoms with Gasteiger partial charge < -0.3 is 19.3 Å². The Bertz CT molecular complexity index is 968. The zero-order valence-corrected chi connectivity index (χ0v) is 22.5. The van der Waals surface area contributed by atoms with Crippen molar-refractivity contribution in [2.75, 3.05) is 19.8 Å². The first kappa shape index (κ1) is 29.9. The Kier molecular flexibility index (Phi) is 14.6. The largest absolute Gasteiger partial charge is 0.507 e. The van der Waals surface area contributed by atoms with Crippen molar-refractivity contribution in [1.29, 1.82) is 0 Å². The first-order valence-corrected chi connectivity index (χ1v) is 13.5. The van der Waals surface area contributed by atoms with Gasteiger partial charge in [-0.3, -0.25) is 4.99 Å². The molecular weight excluding hydrogens is 466 g/mol. The molecule has 0 saturated heterocycles. The van der Waals surface area contributed by atoms with Crippen LogP contribution in [0.25, 0.3) is 0 Å². The summed E-state index contributed by atoms with van der Waals surface area (Å²) in [6.45, 7) is 9.17. The lowest BCUT2D eigenvalue weighted by Crippen LogP contribution is -2.06. The van der Waals surface area contributed by atoms with E-state index < -0.39 is 0 Å². The fraction of sp³-hybridized carbons (Fsp3) is 0.484. The van der Waals surface area contributed by atoms with Crippen LogP contribution in [0, 0.1) is 0 Å². The fourth-order valence-corrected chi connectivity index (χ4v) is 3.60. The van der Waals surface area contributed by atoms with Crippen LogP contribution in [0.2, 0.25) is 0 Å². The van der Waals surface area contributed by atoms with E-state index in [4.69, 9.17) is 14.2 Å². The van der Waals surface area contributed by atoms with Crippen molar-refractivity contribution < 1.29 is 24.1 Å². The summed E-state index contributed by atoms with van der Waals surface area (Å²) in [5.41, 5.74) is 1.85. The average Bonchev–Trinajstić information content (AvgIpc) is 2.89. The van der Waals surface area contributed by atoms with E-state index in [9.17, 15) is 9.90 Å². The van der Waals surface area contributed by atoms with E-state index in [2.05, 4.69) is 18.5 Å². The topological polar surface area (TPSA) is 77.4 Å². The minimum absolute atomic E-state index is 0.151. The van der Waals surface area contributed by atoms with E-state index in [0.29, 0.717) is 36.7 Å². The SMILES string of the molecule is C=C(C)C(=O)OCCCCCCOc1ccc(N=Cc2ccc(OCCCCCCCC)cc2O)cc1. The van der Waals surface area contributed by atoms with E-state index >= 15 is 0 Å². The Hall–Kier alpha value is -3.28. The van der Waals surface area contributed by atoms with Crippen LogP contribution in [0.1, 0.15) is 83.6 Å². The molecule has 2 rings (SSSR count). The molecule has 0 saturated carbocycles. The summed E-state index contributed by atoms with van der Waals surface area (Å²) in [7, 11) is 0. The smallest absolute Gasteiger partial charge is 0.333 e. The number of rotatable bonds is 19. The summed E-state index contributed by atoms with van der Waals surface area (Å²) in [6, 6.07) is 12.9. The van der Waals surface area contributed by atoms with E-state index in [1.54, 1.807) is 19.2 Å². The number of carbonyl (C=O) groups is 1. The number of carbonyl (C=O) groups excluding carboxylic acids is 1. The molecular formula is C31H43NO5. The van der Waals surface area contributed by atoms with Crippen molar-refractivity contribution in [3.8, 4) is 17.2 Å². The van der Waals surface area contributed by atoms with Gasteiger partial charge in [0.2, 0.25) is 0 Å². The van der Waals surface area contributed by atoms with Crippen LogP contribution < -0.4 is 9.47 Å². The van der Waals surface area contributed by atoms with Gasteiger partial charge in [0.25, 0.3) is 0 Å². The van der Waals surface area contributed by atoms with E-state index in [1.807, 2.05) is 36.4 Å². The molecule has 0 atom stereocenters. The Morgan fingerprint density at radius 2 is 1.41 bits per heavy atom. The maximum Gasteiger partial charge on any atom is 0.333 e. The number of nitrogens with zero attached hydrogens (tertiary/aromatic N) is 1. The number of hydrogen-bond acceptors (Lipinski definition) is 6. The maximum atomic E-state index is 11.3. The van der Waals surface area contributed by atoms with E-state index in [0.717, 1.165) is 43.5 Å². The highest BCUT2D eigenvalue weighted by Crippen LogP contribution is 2.24. The number of ether oxygens (including phenoxy) is 3. The summed E-state index contributed by atoms with van der Waals surface area (Å²) in [5.74, 6) is 1.30. The van der Waals surface area contributed by atoms with Crippen LogP contribution >= 0.6 is 0 Å². The van der Waals surface area contributed by atoms with Crippen LogP contribution in [0.4, 0.5) is 5.69 Å². The Morgan fingerprint density at radius 1 is 0.838 bits per heavy atom. The van der Waals surface area contributed by atoms with Gasteiger partial charge in [-0.15, -0.1) is 0 Å². The second kappa shape index (κ2) is 18.0. The highest BCUT2D eigenvalue weighted by Gasteiger charge is 2.03. The van der Waals surface area contributed by atoms with Gasteiger partial charge >= 0.3 is 5.97 Å². The Balaban J connectivity index is 1.64. The molecule has 1 N–H and O–H groups in total. The minimum atomic E-state index is -0.325. The molecule has 6 nitrogen and oxygen atoms in total. The van der Waals surface area contributed by atoms with E-state index in [1.165, 1.54) is 32.1 Å². The molecule has 6 heteroatoms. The minimum Gasteiger partial charge on any atom is -0.507 e. The molecule has 2 aromatic rings. The molecule has 0 bridgehead atoms. The summed E-state index contributed by atoms with van der Waals surface area (Å²) in [6.07, 6.45) is 12.7. The summed E-state index contributed by atoms with van der Waals surface area (Å²) >= 11 is 0. The van der Waals surface area contributed by atoms with Crippen molar-refractivity contribution in [3.05, 3.63) is 60.2 Å². The second-order valence-corrected chi connectivity index (χ2v) is 9.27. The number of aliphatic imine (C=N–C) groups is 1. The average molecular weight is 510 g/mol. The number of phenols is 1. The van der Waals surface area contributed by atoms with Gasteiger partial charge in [0.05, 0.1) is 25.5 Å². The molecule has 0 unspecified atom stereocenters. The van der Waals surface area contributed by atoms with Gasteiger partial charge in [-0.25, -0.2) is 4.79 Å². The highest BCUT2D eigenvalue weighted by atomic mass is 16.5. The van der Waals surface area contributed by atoms with Crippen molar-refractivity contribution in [3.63, 3.8) is 0 Å². The van der Waals surface area contributed by atoms with Crippen LogP contribution in [0.5, 0.6) is 17.2 Å². The van der Waals surface area contributed by atoms with Gasteiger partial charge in [-0.1, -0.05) is 45.6 Å². The van der Waals surface area contributed by atoms with Crippen molar-refractivity contribution in [2.45, 2.75) is 78.1 Å². The van der Waals surface area contributed by atoms with Gasteiger partial charge in [0.1, 0.15) is 17.2 Å². The molecule has 0 spiro atoms. The fourth-order valence-electron chi connectivity index (χ4n) is 3.60. The van der Waals surface area contributed by atoms with E-state index in [-0.39, 0.29) is 11.7 Å². The zero-order chi connectivity index (χ0) is 26.7. The van der Waals surface area contributed by atoms with Crippen LogP contribution in [0.15, 0.2) is 59.6 Å². The number of unbranched alkanes of at least 4 members (excludes halogenated alkanes) is 8. The van der Waals surface area contributed by atoms with Gasteiger partial charge in [0.15, 0.2) is 0 Å². The first-order valence-electron chi connectivity index (χ1n) is 13.5. The molecule has 0 aliphatic heterocycles. The molecule has 0 radical (unpaired) electrons. The Labute approximate surface area is 222 Å². The van der Waals surface area contributed by atoms with Crippen molar-refractivity contribution in [1.82, 2.24) is 0 Å². The second-order valence-electron chi connectivity index (χ2n) is 9.27. The molecule has 37 heavy (non-hydrogen) atoms. The molecule has 202 valence electrons. The molecule has 0 amide bonds. The summed E-state index contributed by atoms with van der Waals surface area (Å²) in [4.78, 5) is 15.8. The standard InChI is InChI=1S/C31H43NO5/c1-4-5-6-7-8-11-21-36-29-17-14-26(30(33)23-29)24-32-27-15-18-28(19-16-27)35-20-12-9-10-13-22-37-31(34)25(2)3/h14-19,23-24,33H,2,4-13,20-22H2,1,3H3. The third-order valence-corrected chi connectivity index (χ3v) is 5.85.